The fraction of sp³-hybridized carbons (Fsp3) is 0.261. The van der Waals surface area contributed by atoms with Gasteiger partial charge < -0.3 is 0 Å². The molecule has 0 aliphatic carbocycles. The first kappa shape index (κ1) is 21.0. The van der Waals surface area contributed by atoms with Crippen LogP contribution in [0.4, 0.5) is 0 Å². The molecule has 0 spiro atoms. The van der Waals surface area contributed by atoms with Gasteiger partial charge in [0.15, 0.2) is 0 Å². The third-order valence-electron chi connectivity index (χ3n) is 3.73. The van der Waals surface area contributed by atoms with Gasteiger partial charge in [-0.05, 0) is 44.2 Å². The van der Waals surface area contributed by atoms with Crippen molar-refractivity contribution in [3.63, 3.8) is 0 Å². The Kier molecular flexibility index (Phi) is 9.01. The first-order valence-electron chi connectivity index (χ1n) is 9.03. The van der Waals surface area contributed by atoms with E-state index in [1.165, 1.54) is 16.3 Å². The Hall–Kier alpha value is -2.06. The summed E-state index contributed by atoms with van der Waals surface area (Å²) in [4.78, 5) is 0.972. The van der Waals surface area contributed by atoms with Crippen LogP contribution in [0.15, 0.2) is 77.7 Å². The van der Waals surface area contributed by atoms with E-state index in [4.69, 9.17) is 0 Å². The van der Waals surface area contributed by atoms with Crippen LogP contribution in [0, 0.1) is 0 Å². The highest BCUT2D eigenvalue weighted by molar-refractivity contribution is 8.00. The van der Waals surface area contributed by atoms with Crippen LogP contribution >= 0.6 is 0 Å². The topological polar surface area (TPSA) is 17.1 Å². The van der Waals surface area contributed by atoms with Crippen molar-refractivity contribution in [1.29, 1.82) is 0 Å². The summed E-state index contributed by atoms with van der Waals surface area (Å²) in [5, 5.41) is 2.62. The maximum absolute atomic E-state index is 11.7. The molecule has 0 aromatic heterocycles. The fourth-order valence-corrected chi connectivity index (χ4v) is 4.34. The molecule has 0 N–H and O–H groups in total. The van der Waals surface area contributed by atoms with E-state index >= 15 is 0 Å². The van der Waals surface area contributed by atoms with Gasteiger partial charge in [0.05, 0.1) is 0 Å². The van der Waals surface area contributed by atoms with E-state index in [1.807, 2.05) is 52.0 Å². The van der Waals surface area contributed by atoms with Crippen molar-refractivity contribution in [2.45, 2.75) is 39.0 Å². The van der Waals surface area contributed by atoms with Crippen LogP contribution in [0.3, 0.4) is 0 Å². The van der Waals surface area contributed by atoms with Crippen molar-refractivity contribution in [3.8, 4) is 0 Å². The minimum atomic E-state index is -1.91. The number of hydrogen-bond acceptors (Lipinski definition) is 1. The zero-order chi connectivity index (χ0) is 18.7. The van der Waals surface area contributed by atoms with Crippen LogP contribution in [0.1, 0.15) is 33.3 Å². The Morgan fingerprint density at radius 3 is 1.56 bits per heavy atom. The highest BCUT2D eigenvalue weighted by Crippen LogP contribution is 2.24. The minimum absolute atomic E-state index is 0.729. The molecule has 25 heavy (non-hydrogen) atoms. The molecular formula is C23H30OS. The molecule has 0 saturated carbocycles. The molecule has 0 amide bonds. The van der Waals surface area contributed by atoms with Crippen molar-refractivity contribution in [3.05, 3.63) is 78.4 Å². The highest BCUT2D eigenvalue weighted by Gasteiger charge is 2.19. The first-order chi connectivity index (χ1) is 12.2. The average Bonchev–Trinajstić information content (AvgIpc) is 3.01. The van der Waals surface area contributed by atoms with Crippen molar-refractivity contribution in [1.82, 2.24) is 0 Å². The third-order valence-corrected chi connectivity index (χ3v) is 5.80. The van der Waals surface area contributed by atoms with E-state index in [9.17, 15) is 4.21 Å². The lowest BCUT2D eigenvalue weighted by molar-refractivity contribution is 0.684. The molecule has 1 atom stereocenters. The van der Waals surface area contributed by atoms with Crippen molar-refractivity contribution in [2.24, 2.45) is 0 Å². The normalized spacial score (nSPS) is 17.0. The molecule has 0 radical (unpaired) electrons. The van der Waals surface area contributed by atoms with Crippen molar-refractivity contribution in [2.75, 3.05) is 5.75 Å². The van der Waals surface area contributed by atoms with E-state index < -0.39 is 9.52 Å². The van der Waals surface area contributed by atoms with Gasteiger partial charge in [-0.1, -0.05) is 94.4 Å². The van der Waals surface area contributed by atoms with Gasteiger partial charge in [-0.2, -0.15) is 0 Å². The summed E-state index contributed by atoms with van der Waals surface area (Å²) < 4.78 is 11.7. The molecule has 1 unspecified atom stereocenters. The van der Waals surface area contributed by atoms with Gasteiger partial charge in [-0.25, -0.2) is 0 Å². The molecule has 0 saturated heterocycles. The predicted molar refractivity (Wildman–Crippen MR) is 115 cm³/mol. The van der Waals surface area contributed by atoms with Crippen LogP contribution in [-0.4, -0.2) is 15.8 Å². The summed E-state index contributed by atoms with van der Waals surface area (Å²) >= 11 is 0. The second kappa shape index (κ2) is 10.7. The Bertz CT molecular complexity index is 798. The lowest BCUT2D eigenvalue weighted by Gasteiger charge is -1.98. The fourth-order valence-electron chi connectivity index (χ4n) is 2.59. The Morgan fingerprint density at radius 1 is 0.720 bits per heavy atom. The van der Waals surface area contributed by atoms with E-state index in [2.05, 4.69) is 54.4 Å². The molecule has 1 heterocycles. The molecule has 1 aliphatic heterocycles. The van der Waals surface area contributed by atoms with E-state index in [0.717, 1.165) is 17.1 Å². The standard InChI is InChI=1S/C10H8.C9H10OS.2C2H6/c1-2-6-10-8-4-3-7-9(10)5-1;1-11(10)7-6-8-4-2-3-5-9(8)11;2*1-2/h1-8H;2-5H,1,6-7H2;2*1-2H3. The number of fused-ring (bicyclic) bond motifs is 2. The van der Waals surface area contributed by atoms with Crippen molar-refractivity contribution >= 4 is 26.2 Å². The predicted octanol–water partition coefficient (Wildman–Crippen LogP) is 6.21. The summed E-state index contributed by atoms with van der Waals surface area (Å²) in [5.41, 5.74) is 1.22. The third kappa shape index (κ3) is 5.75. The van der Waals surface area contributed by atoms with Gasteiger partial charge in [-0.3, -0.25) is 4.21 Å². The van der Waals surface area contributed by atoms with Gasteiger partial charge in [0.25, 0.3) is 0 Å². The lowest BCUT2D eigenvalue weighted by Crippen LogP contribution is -1.97. The Balaban J connectivity index is 0.000000210. The number of rotatable bonds is 0. The monoisotopic (exact) mass is 354 g/mol. The number of aryl methyl sites for hydroxylation is 1. The molecule has 1 aliphatic rings. The van der Waals surface area contributed by atoms with Gasteiger partial charge in [-0.15, -0.1) is 0 Å². The van der Waals surface area contributed by atoms with Crippen molar-refractivity contribution < 1.29 is 4.21 Å². The Labute approximate surface area is 153 Å². The van der Waals surface area contributed by atoms with Gasteiger partial charge >= 0.3 is 0 Å². The molecule has 4 rings (SSSR count). The summed E-state index contributed by atoms with van der Waals surface area (Å²) in [5.74, 6) is 4.47. The molecule has 0 fully saturated rings. The molecule has 0 bridgehead atoms. The summed E-state index contributed by atoms with van der Waals surface area (Å²) in [6.07, 6.45) is 0.929. The van der Waals surface area contributed by atoms with Gasteiger partial charge in [0, 0.05) is 10.6 Å². The van der Waals surface area contributed by atoms with E-state index in [0.29, 0.717) is 0 Å². The molecule has 3 aromatic rings. The molecule has 2 heteroatoms. The summed E-state index contributed by atoms with van der Waals surface area (Å²) in [6, 6.07) is 24.6. The molecule has 3 aromatic carbocycles. The molecule has 1 nitrogen and oxygen atoms in total. The van der Waals surface area contributed by atoms with Gasteiger partial charge in [0.1, 0.15) is 0 Å². The summed E-state index contributed by atoms with van der Waals surface area (Å²) in [6.45, 7) is 8.00. The van der Waals surface area contributed by atoms with Gasteiger partial charge in [0.2, 0.25) is 0 Å². The Morgan fingerprint density at radius 2 is 1.12 bits per heavy atom. The van der Waals surface area contributed by atoms with Crippen LogP contribution in [0.2, 0.25) is 0 Å². The molecular weight excluding hydrogens is 324 g/mol. The second-order valence-corrected chi connectivity index (χ2v) is 7.69. The number of benzene rings is 3. The van der Waals surface area contributed by atoms with Crippen LogP contribution < -0.4 is 0 Å². The van der Waals surface area contributed by atoms with E-state index in [1.54, 1.807) is 0 Å². The maximum Gasteiger partial charge on any atom is 0.0337 e. The maximum atomic E-state index is 11.7. The van der Waals surface area contributed by atoms with Crippen LogP contribution in [-0.2, 0) is 15.9 Å². The van der Waals surface area contributed by atoms with Crippen LogP contribution in [0.5, 0.6) is 0 Å². The minimum Gasteiger partial charge on any atom is -0.263 e. The SMILES string of the molecule is C=S1(=O)CCc2ccccc21.CC.CC.c1ccc2ccccc2c1. The van der Waals surface area contributed by atoms with Crippen LogP contribution in [0.25, 0.3) is 10.8 Å². The quantitative estimate of drug-likeness (QED) is 0.439. The molecule has 134 valence electrons. The largest absolute Gasteiger partial charge is 0.263 e. The lowest BCUT2D eigenvalue weighted by atomic mass is 10.1. The zero-order valence-electron chi connectivity index (χ0n) is 15.9. The average molecular weight is 355 g/mol. The second-order valence-electron chi connectivity index (χ2n) is 5.22. The smallest absolute Gasteiger partial charge is 0.0337 e. The summed E-state index contributed by atoms with van der Waals surface area (Å²) in [7, 11) is -1.91. The number of hydrogen-bond donors (Lipinski definition) is 0. The first-order valence-corrected chi connectivity index (χ1v) is 10.9. The zero-order valence-corrected chi connectivity index (χ0v) is 16.7. The highest BCUT2D eigenvalue weighted by atomic mass is 32.2. The van der Waals surface area contributed by atoms with E-state index in [-0.39, 0.29) is 0 Å².